The average molecular weight is 472 g/mol. The van der Waals surface area contributed by atoms with E-state index in [4.69, 9.17) is 9.84 Å². The molecular weight excluding hydrogens is 446 g/mol. The number of fused-ring (bicyclic) bond motifs is 3. The molecule has 0 bridgehead atoms. The molecule has 2 aromatic rings. The van der Waals surface area contributed by atoms with E-state index in [1.807, 2.05) is 48.5 Å². The maximum atomic E-state index is 13.1. The number of carbonyl (C=O) groups excluding carboxylic acids is 2. The molecule has 0 aromatic heterocycles. The summed E-state index contributed by atoms with van der Waals surface area (Å²) in [6, 6.07) is 14.5. The van der Waals surface area contributed by atoms with Gasteiger partial charge < -0.3 is 20.5 Å². The third-order valence-corrected chi connectivity index (χ3v) is 6.57. The van der Waals surface area contributed by atoms with Crippen molar-refractivity contribution in [3.8, 4) is 11.1 Å². The van der Waals surface area contributed by atoms with Crippen LogP contribution in [0.1, 0.15) is 42.7 Å². The first-order valence-electron chi connectivity index (χ1n) is 11.2. The summed E-state index contributed by atoms with van der Waals surface area (Å²) in [6.45, 7) is -0.193. The van der Waals surface area contributed by atoms with Gasteiger partial charge in [0, 0.05) is 24.3 Å². The summed E-state index contributed by atoms with van der Waals surface area (Å²) in [6.07, 6.45) is -3.37. The Hall–Kier alpha value is -3.49. The standard InChI is InChI=1S/C25H26F2N2O5/c26-23(27)25(11-12-25)14-28-22(32)20(9-10-21(30)31)29-24(33)34-13-19-17-7-3-1-5-15(17)16-6-2-4-8-18(16)19/h1-8,19-20,23H,9-14H2,(H,28,32)(H,29,33)(H,30,31). The molecule has 34 heavy (non-hydrogen) atoms. The Labute approximate surface area is 195 Å². The van der Waals surface area contributed by atoms with Gasteiger partial charge in [0.15, 0.2) is 0 Å². The number of ether oxygens (including phenoxy) is 1. The molecule has 9 heteroatoms. The predicted octanol–water partition coefficient (Wildman–Crippen LogP) is 3.92. The fourth-order valence-corrected chi connectivity index (χ4v) is 4.34. The summed E-state index contributed by atoms with van der Waals surface area (Å²) in [5.74, 6) is -2.02. The first kappa shape index (κ1) is 23.7. The fraction of sp³-hybridized carbons (Fsp3) is 0.400. The smallest absolute Gasteiger partial charge is 0.407 e. The highest BCUT2D eigenvalue weighted by Gasteiger charge is 2.51. The maximum absolute atomic E-state index is 13.1. The summed E-state index contributed by atoms with van der Waals surface area (Å²) in [7, 11) is 0. The van der Waals surface area contributed by atoms with E-state index in [-0.39, 0.29) is 31.9 Å². The first-order chi connectivity index (χ1) is 16.3. The van der Waals surface area contributed by atoms with E-state index in [9.17, 15) is 23.2 Å². The van der Waals surface area contributed by atoms with Crippen molar-refractivity contribution >= 4 is 18.0 Å². The van der Waals surface area contributed by atoms with Crippen molar-refractivity contribution in [3.05, 3.63) is 59.7 Å². The molecule has 7 nitrogen and oxygen atoms in total. The largest absolute Gasteiger partial charge is 0.481 e. The zero-order chi connectivity index (χ0) is 24.3. The number of carboxylic acid groups (broad SMARTS) is 1. The topological polar surface area (TPSA) is 105 Å². The Bertz CT molecular complexity index is 1040. The van der Waals surface area contributed by atoms with E-state index in [2.05, 4.69) is 10.6 Å². The summed E-state index contributed by atoms with van der Waals surface area (Å²) in [4.78, 5) is 36.1. The highest BCUT2D eigenvalue weighted by molar-refractivity contribution is 5.86. The van der Waals surface area contributed by atoms with Gasteiger partial charge in [0.1, 0.15) is 12.6 Å². The number of benzene rings is 2. The zero-order valence-corrected chi connectivity index (χ0v) is 18.4. The van der Waals surface area contributed by atoms with Crippen molar-refractivity contribution < 1.29 is 33.0 Å². The number of alkyl carbamates (subject to hydrolysis) is 1. The van der Waals surface area contributed by atoms with E-state index in [0.29, 0.717) is 12.8 Å². The number of hydrogen-bond donors (Lipinski definition) is 3. The van der Waals surface area contributed by atoms with Gasteiger partial charge in [-0.2, -0.15) is 0 Å². The van der Waals surface area contributed by atoms with E-state index in [1.54, 1.807) is 0 Å². The molecule has 0 spiro atoms. The number of aliphatic carboxylic acids is 1. The van der Waals surface area contributed by atoms with Gasteiger partial charge in [-0.15, -0.1) is 0 Å². The van der Waals surface area contributed by atoms with E-state index in [1.165, 1.54) is 0 Å². The number of rotatable bonds is 10. The summed E-state index contributed by atoms with van der Waals surface area (Å²) in [5, 5.41) is 13.8. The third kappa shape index (κ3) is 5.03. The summed E-state index contributed by atoms with van der Waals surface area (Å²) in [5.41, 5.74) is 2.96. The van der Waals surface area contributed by atoms with Gasteiger partial charge in [0.25, 0.3) is 0 Å². The van der Waals surface area contributed by atoms with Crippen molar-refractivity contribution in [2.45, 2.75) is 44.1 Å². The Morgan fingerprint density at radius 3 is 2.15 bits per heavy atom. The van der Waals surface area contributed by atoms with Crippen LogP contribution in [0.5, 0.6) is 0 Å². The fourth-order valence-electron chi connectivity index (χ4n) is 4.34. The van der Waals surface area contributed by atoms with E-state index >= 15 is 0 Å². The summed E-state index contributed by atoms with van der Waals surface area (Å²) >= 11 is 0. The molecule has 2 aromatic carbocycles. The number of carbonyl (C=O) groups is 3. The monoisotopic (exact) mass is 472 g/mol. The molecule has 4 rings (SSSR count). The minimum Gasteiger partial charge on any atom is -0.481 e. The number of carboxylic acids is 1. The molecule has 2 aliphatic carbocycles. The number of alkyl halides is 2. The van der Waals surface area contributed by atoms with Gasteiger partial charge in [-0.05, 0) is 41.5 Å². The molecule has 2 aliphatic rings. The second kappa shape index (κ2) is 9.79. The Balaban J connectivity index is 1.38. The van der Waals surface area contributed by atoms with Crippen molar-refractivity contribution in [3.63, 3.8) is 0 Å². The van der Waals surface area contributed by atoms with Crippen LogP contribution in [-0.4, -0.2) is 48.7 Å². The highest BCUT2D eigenvalue weighted by atomic mass is 19.3. The minimum atomic E-state index is -2.56. The molecule has 1 saturated carbocycles. The van der Waals surface area contributed by atoms with Crippen LogP contribution in [0.4, 0.5) is 13.6 Å². The van der Waals surface area contributed by atoms with E-state index < -0.39 is 35.9 Å². The van der Waals surface area contributed by atoms with Crippen LogP contribution in [0.15, 0.2) is 48.5 Å². The average Bonchev–Trinajstić information content (AvgIpc) is 3.56. The quantitative estimate of drug-likeness (QED) is 0.486. The molecule has 180 valence electrons. The van der Waals surface area contributed by atoms with Crippen molar-refractivity contribution in [1.29, 1.82) is 0 Å². The molecule has 1 atom stereocenters. The second-order valence-electron chi connectivity index (χ2n) is 8.84. The maximum Gasteiger partial charge on any atom is 0.407 e. The molecule has 0 aliphatic heterocycles. The van der Waals surface area contributed by atoms with Gasteiger partial charge >= 0.3 is 12.1 Å². The number of hydrogen-bond acceptors (Lipinski definition) is 4. The molecular formula is C25H26F2N2O5. The normalized spacial score (nSPS) is 16.3. The number of halogens is 2. The van der Waals surface area contributed by atoms with Gasteiger partial charge in [-0.1, -0.05) is 48.5 Å². The molecule has 3 N–H and O–H groups in total. The minimum absolute atomic E-state index is 0.0294. The lowest BCUT2D eigenvalue weighted by molar-refractivity contribution is -0.137. The molecule has 2 amide bonds. The van der Waals surface area contributed by atoms with Crippen LogP contribution in [0.3, 0.4) is 0 Å². The van der Waals surface area contributed by atoms with Crippen molar-refractivity contribution in [1.82, 2.24) is 10.6 Å². The van der Waals surface area contributed by atoms with Crippen LogP contribution in [0, 0.1) is 5.41 Å². The molecule has 0 saturated heterocycles. The lowest BCUT2D eigenvalue weighted by Crippen LogP contribution is -2.49. The SMILES string of the molecule is O=C(O)CCC(NC(=O)OCC1c2ccccc2-c2ccccc21)C(=O)NCC1(C(F)F)CC1. The molecule has 0 radical (unpaired) electrons. The highest BCUT2D eigenvalue weighted by Crippen LogP contribution is 2.50. The van der Waals surface area contributed by atoms with Crippen LogP contribution in [-0.2, 0) is 14.3 Å². The van der Waals surface area contributed by atoms with Gasteiger partial charge in [-0.3, -0.25) is 9.59 Å². The number of nitrogens with one attached hydrogen (secondary N) is 2. The lowest BCUT2D eigenvalue weighted by atomic mass is 9.98. The van der Waals surface area contributed by atoms with Crippen LogP contribution < -0.4 is 10.6 Å². The molecule has 0 heterocycles. The number of amides is 2. The van der Waals surface area contributed by atoms with Gasteiger partial charge in [-0.25, -0.2) is 13.6 Å². The van der Waals surface area contributed by atoms with Crippen molar-refractivity contribution in [2.75, 3.05) is 13.2 Å². The second-order valence-corrected chi connectivity index (χ2v) is 8.84. The predicted molar refractivity (Wildman–Crippen MR) is 120 cm³/mol. The zero-order valence-electron chi connectivity index (χ0n) is 18.4. The Morgan fingerprint density at radius 2 is 1.62 bits per heavy atom. The lowest BCUT2D eigenvalue weighted by Gasteiger charge is -2.21. The molecule has 1 fully saturated rings. The van der Waals surface area contributed by atoms with E-state index in [0.717, 1.165) is 22.3 Å². The van der Waals surface area contributed by atoms with Crippen LogP contribution >= 0.6 is 0 Å². The van der Waals surface area contributed by atoms with Crippen molar-refractivity contribution in [2.24, 2.45) is 5.41 Å². The first-order valence-corrected chi connectivity index (χ1v) is 11.2. The third-order valence-electron chi connectivity index (χ3n) is 6.57. The molecule has 1 unspecified atom stereocenters. The van der Waals surface area contributed by atoms with Gasteiger partial charge in [0.05, 0.1) is 0 Å². The summed E-state index contributed by atoms with van der Waals surface area (Å²) < 4.78 is 31.7. The van der Waals surface area contributed by atoms with Crippen LogP contribution in [0.25, 0.3) is 11.1 Å². The van der Waals surface area contributed by atoms with Gasteiger partial charge in [0.2, 0.25) is 12.3 Å². The van der Waals surface area contributed by atoms with Crippen LogP contribution in [0.2, 0.25) is 0 Å². The Morgan fingerprint density at radius 1 is 1.03 bits per heavy atom. The Kier molecular flexibility index (Phi) is 6.81.